The van der Waals surface area contributed by atoms with Gasteiger partial charge in [0.05, 0.1) is 38.2 Å². The van der Waals surface area contributed by atoms with Crippen molar-refractivity contribution < 1.29 is 9.47 Å². The number of piperidine rings is 1. The number of hydrogen-bond acceptors (Lipinski definition) is 6. The van der Waals surface area contributed by atoms with Crippen LogP contribution in [-0.4, -0.2) is 47.3 Å². The molecule has 2 aromatic rings. The second-order valence-electron chi connectivity index (χ2n) is 7.18. The molecule has 25 heavy (non-hydrogen) atoms. The number of ether oxygens (including phenoxy) is 2. The van der Waals surface area contributed by atoms with E-state index < -0.39 is 0 Å². The van der Waals surface area contributed by atoms with E-state index in [9.17, 15) is 0 Å². The molecule has 0 bridgehead atoms. The zero-order valence-electron chi connectivity index (χ0n) is 14.5. The van der Waals surface area contributed by atoms with Crippen LogP contribution < -0.4 is 0 Å². The number of nitrogens with zero attached hydrogens (tertiary/aromatic N) is 3. The summed E-state index contributed by atoms with van der Waals surface area (Å²) in [6.45, 7) is 5.40. The van der Waals surface area contributed by atoms with Crippen molar-refractivity contribution in [3.8, 4) is 0 Å². The minimum atomic E-state index is 0.231. The van der Waals surface area contributed by atoms with Gasteiger partial charge in [-0.25, -0.2) is 4.98 Å². The minimum absolute atomic E-state index is 0.231. The van der Waals surface area contributed by atoms with E-state index in [1.807, 2.05) is 24.4 Å². The largest absolute Gasteiger partial charge is 0.375 e. The van der Waals surface area contributed by atoms with E-state index in [1.54, 1.807) is 17.5 Å². The summed E-state index contributed by atoms with van der Waals surface area (Å²) < 4.78 is 11.9. The lowest BCUT2D eigenvalue weighted by Gasteiger charge is -2.38. The van der Waals surface area contributed by atoms with Gasteiger partial charge >= 0.3 is 0 Å². The first kappa shape index (κ1) is 17.1. The third kappa shape index (κ3) is 4.44. The van der Waals surface area contributed by atoms with Crippen LogP contribution in [0.15, 0.2) is 36.0 Å². The minimum Gasteiger partial charge on any atom is -0.375 e. The average Bonchev–Trinajstić information content (AvgIpc) is 3.29. The Morgan fingerprint density at radius 1 is 1.24 bits per heavy atom. The normalized spacial score (nSPS) is 23.3. The zero-order chi connectivity index (χ0) is 17.0. The molecule has 0 N–H and O–H groups in total. The van der Waals surface area contributed by atoms with Crippen LogP contribution in [0.4, 0.5) is 0 Å². The van der Waals surface area contributed by atoms with Gasteiger partial charge < -0.3 is 9.47 Å². The summed E-state index contributed by atoms with van der Waals surface area (Å²) in [6, 6.07) is 5.91. The highest BCUT2D eigenvalue weighted by atomic mass is 32.1. The molecule has 2 fully saturated rings. The molecule has 134 valence electrons. The topological polar surface area (TPSA) is 47.5 Å². The van der Waals surface area contributed by atoms with Gasteiger partial charge in [0, 0.05) is 17.8 Å². The molecule has 4 heterocycles. The van der Waals surface area contributed by atoms with Gasteiger partial charge in [-0.3, -0.25) is 9.88 Å². The lowest BCUT2D eigenvalue weighted by Crippen LogP contribution is -2.40. The van der Waals surface area contributed by atoms with Gasteiger partial charge in [-0.1, -0.05) is 6.07 Å². The highest BCUT2D eigenvalue weighted by Gasteiger charge is 2.42. The molecule has 5 nitrogen and oxygen atoms in total. The van der Waals surface area contributed by atoms with Crippen molar-refractivity contribution in [3.63, 3.8) is 0 Å². The molecule has 1 spiro atoms. The second-order valence-corrected chi connectivity index (χ2v) is 8.15. The summed E-state index contributed by atoms with van der Waals surface area (Å²) in [5.41, 5.74) is 1.34. The van der Waals surface area contributed by atoms with Crippen molar-refractivity contribution in [2.75, 3.05) is 26.3 Å². The first-order valence-electron chi connectivity index (χ1n) is 9.01. The Morgan fingerprint density at radius 2 is 2.16 bits per heavy atom. The number of pyridine rings is 1. The highest BCUT2D eigenvalue weighted by Crippen LogP contribution is 2.42. The molecule has 2 aliphatic rings. The van der Waals surface area contributed by atoms with Crippen LogP contribution in [0.2, 0.25) is 0 Å². The number of hydrogen-bond donors (Lipinski definition) is 0. The fourth-order valence-corrected chi connectivity index (χ4v) is 4.49. The quantitative estimate of drug-likeness (QED) is 0.793. The van der Waals surface area contributed by atoms with E-state index >= 15 is 0 Å². The van der Waals surface area contributed by atoms with Gasteiger partial charge in [-0.15, -0.1) is 11.3 Å². The number of aromatic nitrogens is 2. The van der Waals surface area contributed by atoms with Crippen molar-refractivity contribution >= 4 is 11.3 Å². The van der Waals surface area contributed by atoms with E-state index in [2.05, 4.69) is 20.2 Å². The van der Waals surface area contributed by atoms with Gasteiger partial charge in [0.2, 0.25) is 0 Å². The van der Waals surface area contributed by atoms with Gasteiger partial charge in [-0.05, 0) is 49.9 Å². The van der Waals surface area contributed by atoms with E-state index in [1.165, 1.54) is 17.8 Å². The third-order valence-electron chi connectivity index (χ3n) is 5.32. The Kier molecular flexibility index (Phi) is 5.41. The summed E-state index contributed by atoms with van der Waals surface area (Å²) in [4.78, 5) is 11.2. The van der Waals surface area contributed by atoms with Crippen LogP contribution in [0.3, 0.4) is 0 Å². The Bertz CT molecular complexity index is 642. The molecular formula is C19H25N3O2S. The third-order valence-corrected chi connectivity index (χ3v) is 6.09. The summed E-state index contributed by atoms with van der Waals surface area (Å²) in [6.07, 6.45) is 7.49. The Labute approximate surface area is 153 Å². The van der Waals surface area contributed by atoms with Crippen molar-refractivity contribution in [3.05, 3.63) is 46.7 Å². The highest BCUT2D eigenvalue weighted by molar-refractivity contribution is 7.09. The maximum Gasteiger partial charge on any atom is 0.107 e. The zero-order valence-corrected chi connectivity index (χ0v) is 15.3. The molecule has 6 heteroatoms. The Hall–Kier alpha value is -1.34. The standard InChI is InChI=1S/C19H25N3O2S/c1-2-6-20-16(3-1)13-23-14-17-11-19(15-24-17)4-8-22(9-5-19)12-18-21-7-10-25-18/h1-3,6-7,10,17H,4-5,8-9,11-15H2/t17-/m0/s1. The van der Waals surface area contributed by atoms with Crippen molar-refractivity contribution in [2.24, 2.45) is 5.41 Å². The van der Waals surface area contributed by atoms with Gasteiger partial charge in [0.25, 0.3) is 0 Å². The maximum absolute atomic E-state index is 6.05. The van der Waals surface area contributed by atoms with Crippen LogP contribution in [0.5, 0.6) is 0 Å². The molecule has 2 aromatic heterocycles. The second kappa shape index (κ2) is 7.91. The molecule has 2 saturated heterocycles. The molecule has 0 saturated carbocycles. The number of thiazole rings is 1. The van der Waals surface area contributed by atoms with Crippen LogP contribution in [-0.2, 0) is 22.6 Å². The summed E-state index contributed by atoms with van der Waals surface area (Å²) in [5, 5.41) is 3.28. The van der Waals surface area contributed by atoms with Gasteiger partial charge in [-0.2, -0.15) is 0 Å². The molecule has 0 unspecified atom stereocenters. The number of rotatable bonds is 6. The molecule has 1 atom stereocenters. The maximum atomic E-state index is 6.05. The van der Waals surface area contributed by atoms with E-state index in [-0.39, 0.29) is 6.10 Å². The summed E-state index contributed by atoms with van der Waals surface area (Å²) in [7, 11) is 0. The van der Waals surface area contributed by atoms with Gasteiger partial charge in [0.1, 0.15) is 5.01 Å². The first-order valence-corrected chi connectivity index (χ1v) is 9.89. The van der Waals surface area contributed by atoms with Crippen LogP contribution in [0.25, 0.3) is 0 Å². The molecule has 0 aromatic carbocycles. The predicted molar refractivity (Wildman–Crippen MR) is 97.3 cm³/mol. The van der Waals surface area contributed by atoms with Crippen LogP contribution >= 0.6 is 11.3 Å². The lowest BCUT2D eigenvalue weighted by atomic mass is 9.77. The van der Waals surface area contributed by atoms with Crippen molar-refractivity contribution in [2.45, 2.75) is 38.5 Å². The van der Waals surface area contributed by atoms with Crippen LogP contribution in [0, 0.1) is 5.41 Å². The summed E-state index contributed by atoms with van der Waals surface area (Å²) in [5.74, 6) is 0. The molecule has 4 rings (SSSR count). The fourth-order valence-electron chi connectivity index (χ4n) is 3.84. The monoisotopic (exact) mass is 359 g/mol. The molecule has 2 aliphatic heterocycles. The predicted octanol–water partition coefficient (Wildman–Crippen LogP) is 3.13. The number of likely N-dealkylation sites (tertiary alicyclic amines) is 1. The van der Waals surface area contributed by atoms with E-state index in [4.69, 9.17) is 9.47 Å². The molecule has 0 radical (unpaired) electrons. The average molecular weight is 359 g/mol. The first-order chi connectivity index (χ1) is 12.3. The van der Waals surface area contributed by atoms with Crippen molar-refractivity contribution in [1.82, 2.24) is 14.9 Å². The molecule has 0 aliphatic carbocycles. The SMILES string of the molecule is c1ccc(COC[C@@H]2CC3(CCN(Cc4nccs4)CC3)CO2)nc1. The Morgan fingerprint density at radius 3 is 2.92 bits per heavy atom. The van der Waals surface area contributed by atoms with Gasteiger partial charge in [0.15, 0.2) is 0 Å². The van der Waals surface area contributed by atoms with E-state index in [0.29, 0.717) is 18.6 Å². The lowest BCUT2D eigenvalue weighted by molar-refractivity contribution is 0.00554. The fraction of sp³-hybridized carbons (Fsp3) is 0.579. The van der Waals surface area contributed by atoms with E-state index in [0.717, 1.165) is 38.4 Å². The molecular weight excluding hydrogens is 334 g/mol. The summed E-state index contributed by atoms with van der Waals surface area (Å²) >= 11 is 1.75. The molecule has 0 amide bonds. The smallest absolute Gasteiger partial charge is 0.107 e. The Balaban J connectivity index is 1.20. The van der Waals surface area contributed by atoms with Crippen LogP contribution in [0.1, 0.15) is 30.0 Å². The van der Waals surface area contributed by atoms with Crippen molar-refractivity contribution in [1.29, 1.82) is 0 Å².